The number of aliphatic hydroxyl groups is 1. The Morgan fingerprint density at radius 2 is 2.15 bits per heavy atom. The van der Waals surface area contributed by atoms with Crippen LogP contribution < -0.4 is 5.32 Å². The van der Waals surface area contributed by atoms with Crippen LogP contribution >= 0.6 is 27.5 Å². The minimum atomic E-state index is -0.512. The highest BCUT2D eigenvalue weighted by Crippen LogP contribution is 2.29. The number of aryl methyl sites for hydroxylation is 1. The van der Waals surface area contributed by atoms with Crippen molar-refractivity contribution in [2.24, 2.45) is 0 Å². The van der Waals surface area contributed by atoms with E-state index in [1.54, 1.807) is 0 Å². The first-order chi connectivity index (χ1) is 9.56. The Hall–Kier alpha value is -0.290. The van der Waals surface area contributed by atoms with E-state index in [1.807, 2.05) is 19.1 Å². The Kier molecular flexibility index (Phi) is 6.15. The van der Waals surface area contributed by atoms with Crippen LogP contribution in [0.15, 0.2) is 16.6 Å². The van der Waals surface area contributed by atoms with Crippen molar-refractivity contribution >= 4 is 33.2 Å². The monoisotopic (exact) mass is 361 g/mol. The maximum absolute atomic E-state index is 9.95. The van der Waals surface area contributed by atoms with Gasteiger partial charge >= 0.3 is 0 Å². The molecule has 2 rings (SSSR count). The molecule has 0 radical (unpaired) electrons. The summed E-state index contributed by atoms with van der Waals surface area (Å²) in [4.78, 5) is 0. The van der Waals surface area contributed by atoms with Gasteiger partial charge in [-0.25, -0.2) is 0 Å². The topological polar surface area (TPSA) is 41.5 Å². The number of benzene rings is 1. The van der Waals surface area contributed by atoms with Crippen LogP contribution in [0.3, 0.4) is 0 Å². The summed E-state index contributed by atoms with van der Waals surface area (Å²) in [7, 11) is 0. The standard InChI is InChI=1S/C15H21BrClNO2/c1-10-6-13(16)15(7-14(10)17)18-8-11(19)9-20-12-4-2-3-5-12/h6-7,11-12,18-19H,2-5,8-9H2,1H3. The molecule has 3 nitrogen and oxygen atoms in total. The van der Waals surface area contributed by atoms with Crippen molar-refractivity contribution in [3.63, 3.8) is 0 Å². The Balaban J connectivity index is 1.77. The smallest absolute Gasteiger partial charge is 0.0945 e. The van der Waals surface area contributed by atoms with Crippen molar-refractivity contribution in [1.29, 1.82) is 0 Å². The van der Waals surface area contributed by atoms with Crippen molar-refractivity contribution in [3.05, 3.63) is 27.2 Å². The first kappa shape index (κ1) is 16.1. The second kappa shape index (κ2) is 7.64. The SMILES string of the molecule is Cc1cc(Br)c(NCC(O)COC2CCCC2)cc1Cl. The quantitative estimate of drug-likeness (QED) is 0.799. The van der Waals surface area contributed by atoms with E-state index in [0.717, 1.165) is 28.6 Å². The zero-order valence-corrected chi connectivity index (χ0v) is 14.0. The molecule has 1 unspecified atom stereocenters. The summed E-state index contributed by atoms with van der Waals surface area (Å²) in [6.07, 6.45) is 4.56. The summed E-state index contributed by atoms with van der Waals surface area (Å²) in [5, 5.41) is 13.9. The molecule has 2 N–H and O–H groups in total. The third-order valence-electron chi connectivity index (χ3n) is 3.60. The number of nitrogens with one attached hydrogen (secondary N) is 1. The largest absolute Gasteiger partial charge is 0.389 e. The molecule has 20 heavy (non-hydrogen) atoms. The van der Waals surface area contributed by atoms with E-state index >= 15 is 0 Å². The third kappa shape index (κ3) is 4.62. The van der Waals surface area contributed by atoms with E-state index in [1.165, 1.54) is 12.8 Å². The van der Waals surface area contributed by atoms with Gasteiger partial charge in [0.1, 0.15) is 0 Å². The van der Waals surface area contributed by atoms with Crippen LogP contribution in [0.5, 0.6) is 0 Å². The third-order valence-corrected chi connectivity index (χ3v) is 4.67. The molecule has 0 saturated heterocycles. The summed E-state index contributed by atoms with van der Waals surface area (Å²) >= 11 is 9.59. The normalized spacial score (nSPS) is 17.4. The van der Waals surface area contributed by atoms with E-state index in [4.69, 9.17) is 16.3 Å². The fraction of sp³-hybridized carbons (Fsp3) is 0.600. The zero-order valence-electron chi connectivity index (χ0n) is 11.7. The van der Waals surface area contributed by atoms with Gasteiger partial charge in [0.05, 0.1) is 24.5 Å². The summed E-state index contributed by atoms with van der Waals surface area (Å²) in [5.41, 5.74) is 1.91. The molecular formula is C15H21BrClNO2. The number of ether oxygens (including phenoxy) is 1. The molecule has 112 valence electrons. The van der Waals surface area contributed by atoms with E-state index < -0.39 is 6.10 Å². The summed E-state index contributed by atoms with van der Waals surface area (Å²) in [6.45, 7) is 2.79. The number of rotatable bonds is 6. The highest BCUT2D eigenvalue weighted by atomic mass is 79.9. The number of halogens is 2. The fourth-order valence-corrected chi connectivity index (χ4v) is 3.13. The van der Waals surface area contributed by atoms with Crippen molar-refractivity contribution in [2.45, 2.75) is 44.8 Å². The lowest BCUT2D eigenvalue weighted by Crippen LogP contribution is -2.27. The highest BCUT2D eigenvalue weighted by molar-refractivity contribution is 9.10. The maximum Gasteiger partial charge on any atom is 0.0945 e. The molecule has 1 saturated carbocycles. The van der Waals surface area contributed by atoms with Gasteiger partial charge in [-0.2, -0.15) is 0 Å². The zero-order chi connectivity index (χ0) is 14.5. The molecule has 0 amide bonds. The van der Waals surface area contributed by atoms with Gasteiger partial charge in [-0.05, 0) is 53.4 Å². The number of anilines is 1. The molecule has 1 aromatic carbocycles. The minimum absolute atomic E-state index is 0.338. The second-order valence-corrected chi connectivity index (χ2v) is 6.62. The van der Waals surface area contributed by atoms with Gasteiger partial charge in [0, 0.05) is 16.0 Å². The lowest BCUT2D eigenvalue weighted by molar-refractivity contribution is -0.00117. The van der Waals surface area contributed by atoms with Crippen LogP contribution in [0.25, 0.3) is 0 Å². The Morgan fingerprint density at radius 1 is 1.45 bits per heavy atom. The number of aliphatic hydroxyl groups excluding tert-OH is 1. The van der Waals surface area contributed by atoms with Gasteiger partial charge in [0.25, 0.3) is 0 Å². The summed E-state index contributed by atoms with van der Waals surface area (Å²) in [6, 6.07) is 3.83. The minimum Gasteiger partial charge on any atom is -0.389 e. The highest BCUT2D eigenvalue weighted by Gasteiger charge is 2.17. The Morgan fingerprint density at radius 3 is 2.85 bits per heavy atom. The van der Waals surface area contributed by atoms with Crippen LogP contribution in [-0.2, 0) is 4.74 Å². The maximum atomic E-state index is 9.95. The molecule has 1 aliphatic carbocycles. The van der Waals surface area contributed by atoms with Crippen LogP contribution in [0.2, 0.25) is 5.02 Å². The molecule has 1 atom stereocenters. The van der Waals surface area contributed by atoms with Gasteiger partial charge in [-0.15, -0.1) is 0 Å². The van der Waals surface area contributed by atoms with Gasteiger partial charge in [-0.1, -0.05) is 24.4 Å². The van der Waals surface area contributed by atoms with Crippen molar-refractivity contribution < 1.29 is 9.84 Å². The molecule has 0 aliphatic heterocycles. The molecule has 1 aliphatic rings. The average molecular weight is 363 g/mol. The van der Waals surface area contributed by atoms with E-state index in [-0.39, 0.29) is 0 Å². The number of hydrogen-bond acceptors (Lipinski definition) is 3. The van der Waals surface area contributed by atoms with Crippen LogP contribution in [0.4, 0.5) is 5.69 Å². The first-order valence-electron chi connectivity index (χ1n) is 7.05. The van der Waals surface area contributed by atoms with Gasteiger partial charge < -0.3 is 15.2 Å². The van der Waals surface area contributed by atoms with E-state index in [2.05, 4.69) is 21.2 Å². The molecule has 0 aromatic heterocycles. The second-order valence-electron chi connectivity index (χ2n) is 5.36. The molecular weight excluding hydrogens is 342 g/mol. The van der Waals surface area contributed by atoms with Crippen LogP contribution in [0.1, 0.15) is 31.2 Å². The van der Waals surface area contributed by atoms with Gasteiger partial charge in [0.15, 0.2) is 0 Å². The van der Waals surface area contributed by atoms with Gasteiger partial charge in [-0.3, -0.25) is 0 Å². The van der Waals surface area contributed by atoms with Crippen molar-refractivity contribution in [1.82, 2.24) is 0 Å². The molecule has 1 fully saturated rings. The van der Waals surface area contributed by atoms with Crippen LogP contribution in [-0.4, -0.2) is 30.5 Å². The molecule has 0 spiro atoms. The molecule has 0 bridgehead atoms. The predicted molar refractivity (Wildman–Crippen MR) is 86.6 cm³/mol. The van der Waals surface area contributed by atoms with Crippen molar-refractivity contribution in [2.75, 3.05) is 18.5 Å². The van der Waals surface area contributed by atoms with Gasteiger partial charge in [0.2, 0.25) is 0 Å². The molecule has 1 aromatic rings. The summed E-state index contributed by atoms with van der Waals surface area (Å²) < 4.78 is 6.65. The first-order valence-corrected chi connectivity index (χ1v) is 8.22. The van der Waals surface area contributed by atoms with Crippen molar-refractivity contribution in [3.8, 4) is 0 Å². The lowest BCUT2D eigenvalue weighted by atomic mass is 10.2. The van der Waals surface area contributed by atoms with Crippen LogP contribution in [0, 0.1) is 6.92 Å². The van der Waals surface area contributed by atoms with E-state index in [9.17, 15) is 5.11 Å². The average Bonchev–Trinajstić information content (AvgIpc) is 2.92. The lowest BCUT2D eigenvalue weighted by Gasteiger charge is -2.17. The van der Waals surface area contributed by atoms with E-state index in [0.29, 0.717) is 24.3 Å². The Labute approximate surface area is 133 Å². The summed E-state index contributed by atoms with van der Waals surface area (Å²) in [5.74, 6) is 0. The fourth-order valence-electron chi connectivity index (χ4n) is 2.37. The Bertz CT molecular complexity index is 450. The molecule has 0 heterocycles. The molecule has 5 heteroatoms. The predicted octanol–water partition coefficient (Wildman–Crippen LogP) is 4.14. The number of hydrogen-bond donors (Lipinski definition) is 2.